The second-order valence-corrected chi connectivity index (χ2v) is 1.46. The molecular formula is C8H11CuINZn. The molecule has 0 rings (SSSR count). The van der Waals surface area contributed by atoms with Gasteiger partial charge in [0.2, 0.25) is 0 Å². The van der Waals surface area contributed by atoms with Gasteiger partial charge in [-0.2, -0.15) is 0 Å². The van der Waals surface area contributed by atoms with Crippen LogP contribution >= 0.6 is 19.8 Å². The molecule has 68 valence electrons. The van der Waals surface area contributed by atoms with Crippen molar-refractivity contribution in [2.24, 2.45) is 0 Å². The molecule has 0 fully saturated rings. The van der Waals surface area contributed by atoms with E-state index in [2.05, 4.69) is 45.1 Å². The Balaban J connectivity index is -0.0000000560. The van der Waals surface area contributed by atoms with E-state index in [4.69, 9.17) is 11.8 Å². The molecule has 0 saturated heterocycles. The molecule has 0 atom stereocenters. The van der Waals surface area contributed by atoms with Gasteiger partial charge in [0.1, 0.15) is 0 Å². The summed E-state index contributed by atoms with van der Waals surface area (Å²) in [5.74, 6) is 0. The van der Waals surface area contributed by atoms with Gasteiger partial charge in [-0.25, -0.2) is 12.7 Å². The van der Waals surface area contributed by atoms with Crippen molar-refractivity contribution >= 4 is 19.8 Å². The standard InChI is InChI=1S/C7H11.CN.Cu.HI.Zn/c1-3-5-7-6-4-2;1-2;;;/h1,4,6-7H2,2H3;;;1H;/q2*-1;+1;;+2/p-1. The van der Waals surface area contributed by atoms with Crippen molar-refractivity contribution in [2.45, 2.75) is 26.2 Å². The summed E-state index contributed by atoms with van der Waals surface area (Å²) in [6, 6.07) is 0. The summed E-state index contributed by atoms with van der Waals surface area (Å²) >= 11 is 3.62. The van der Waals surface area contributed by atoms with Crippen LogP contribution in [-0.4, -0.2) is 0 Å². The molecule has 0 aromatic heterocycles. The van der Waals surface area contributed by atoms with Crippen LogP contribution < -0.4 is 0 Å². The van der Waals surface area contributed by atoms with E-state index in [1.54, 1.807) is 0 Å². The number of allylic oxidation sites excluding steroid dienone is 1. The van der Waals surface area contributed by atoms with Gasteiger partial charge in [0.25, 0.3) is 0 Å². The predicted octanol–water partition coefficient (Wildman–Crippen LogP) is 3.30. The topological polar surface area (TPSA) is 23.8 Å². The van der Waals surface area contributed by atoms with Crippen molar-refractivity contribution in [3.05, 3.63) is 25.0 Å². The number of hydrogen-bond acceptors (Lipinski definition) is 1. The van der Waals surface area contributed by atoms with Gasteiger partial charge in [0.05, 0.1) is 0 Å². The normalized spacial score (nSPS) is 5.17. The van der Waals surface area contributed by atoms with Crippen molar-refractivity contribution in [1.29, 1.82) is 5.26 Å². The van der Waals surface area contributed by atoms with E-state index in [-0.39, 0.29) is 17.1 Å². The van der Waals surface area contributed by atoms with Gasteiger partial charge in [0, 0.05) is 0 Å². The van der Waals surface area contributed by atoms with Crippen LogP contribution in [0.25, 0.3) is 0 Å². The van der Waals surface area contributed by atoms with E-state index in [1.807, 2.05) is 0 Å². The third kappa shape index (κ3) is 44.6. The van der Waals surface area contributed by atoms with Gasteiger partial charge in [-0.15, -0.1) is 6.42 Å². The first-order chi connectivity index (χ1) is 5.41. The monoisotopic (exact) mass is 375 g/mol. The van der Waals surface area contributed by atoms with Gasteiger partial charge in [-0.05, 0) is 0 Å². The molecule has 0 radical (unpaired) electrons. The average Bonchev–Trinajstić information content (AvgIpc) is 2.13. The molecular weight excluding hydrogens is 366 g/mol. The molecule has 0 aliphatic heterocycles. The summed E-state index contributed by atoms with van der Waals surface area (Å²) < 4.78 is 0. The van der Waals surface area contributed by atoms with Crippen molar-refractivity contribution in [1.82, 2.24) is 0 Å². The van der Waals surface area contributed by atoms with Crippen molar-refractivity contribution in [2.75, 3.05) is 0 Å². The van der Waals surface area contributed by atoms with E-state index in [9.17, 15) is 0 Å². The molecule has 0 heterocycles. The Morgan fingerprint density at radius 1 is 1.58 bits per heavy atom. The Kier molecular flexibility index (Phi) is 78.1. The van der Waals surface area contributed by atoms with E-state index in [1.165, 1.54) is 27.6 Å². The maximum absolute atomic E-state index is 6.25. The molecule has 0 unspecified atom stereocenters. The molecule has 0 aromatic carbocycles. The first-order valence-corrected chi connectivity index (χ1v) is 12.2. The Hall–Kier alpha value is 0.883. The van der Waals surface area contributed by atoms with Gasteiger partial charge in [-0.3, -0.25) is 0 Å². The zero-order valence-electron chi connectivity index (χ0n) is 7.16. The fourth-order valence-corrected chi connectivity index (χ4v) is 0.354. The van der Waals surface area contributed by atoms with Gasteiger partial charge >= 0.3 is 51.6 Å². The van der Waals surface area contributed by atoms with Gasteiger partial charge in [0.15, 0.2) is 0 Å². The minimum absolute atomic E-state index is 0. The second-order valence-electron chi connectivity index (χ2n) is 1.46. The molecule has 0 aliphatic rings. The van der Waals surface area contributed by atoms with Crippen LogP contribution in [0.5, 0.6) is 0 Å². The quantitative estimate of drug-likeness (QED) is 0.244. The number of halogens is 1. The number of nitrogens with zero attached hydrogens (tertiary/aromatic N) is 1. The third-order valence-corrected chi connectivity index (χ3v) is 0.780. The first kappa shape index (κ1) is 23.1. The van der Waals surface area contributed by atoms with Crippen LogP contribution in [0.3, 0.4) is 0 Å². The number of rotatable bonds is 3. The Labute approximate surface area is 107 Å². The van der Waals surface area contributed by atoms with Crippen LogP contribution in [0.15, 0.2) is 12.3 Å². The number of unbranched alkanes of at least 4 members (excludes halogenated alkanes) is 2. The van der Waals surface area contributed by atoms with Crippen LogP contribution in [-0.2, 0) is 31.9 Å². The molecule has 0 N–H and O–H groups in total. The van der Waals surface area contributed by atoms with E-state index >= 15 is 0 Å². The fraction of sp³-hybridized carbons (Fsp3) is 0.500. The van der Waals surface area contributed by atoms with Crippen LogP contribution in [0.1, 0.15) is 26.2 Å². The molecule has 12 heavy (non-hydrogen) atoms. The van der Waals surface area contributed by atoms with Crippen LogP contribution in [0.2, 0.25) is 0 Å². The Morgan fingerprint density at radius 3 is 2.25 bits per heavy atom. The zero-order chi connectivity index (χ0) is 9.54. The molecule has 0 spiro atoms. The average molecular weight is 377 g/mol. The summed E-state index contributed by atoms with van der Waals surface area (Å²) in [5.41, 5.74) is 2.60. The molecule has 1 nitrogen and oxygen atoms in total. The second kappa shape index (κ2) is 40.7. The van der Waals surface area contributed by atoms with E-state index < -0.39 is 0 Å². The van der Waals surface area contributed by atoms with Crippen LogP contribution in [0.4, 0.5) is 0 Å². The van der Waals surface area contributed by atoms with Crippen molar-refractivity contribution in [3.63, 3.8) is 0 Å². The number of hydrogen-bond donors (Lipinski definition) is 0. The zero-order valence-corrected chi connectivity index (χ0v) is 13.2. The Bertz CT molecular complexity index is 111. The molecule has 0 aromatic rings. The van der Waals surface area contributed by atoms with E-state index in [0.29, 0.717) is 0 Å². The molecule has 0 amide bonds. The summed E-state index contributed by atoms with van der Waals surface area (Å²) in [4.78, 5) is 0. The summed E-state index contributed by atoms with van der Waals surface area (Å²) in [5, 5.41) is 6.25. The van der Waals surface area contributed by atoms with Gasteiger partial charge < -0.3 is 17.6 Å². The first-order valence-electron chi connectivity index (χ1n) is 3.16. The SMILES string of the molecule is C=C=[C-]CCCC.[C-]#N.[Cu+].[Zn+][I]. The van der Waals surface area contributed by atoms with Gasteiger partial charge in [-0.1, -0.05) is 19.8 Å². The summed E-state index contributed by atoms with van der Waals surface area (Å²) in [6.45, 7) is 10.3. The summed E-state index contributed by atoms with van der Waals surface area (Å²) in [6.07, 6.45) is 6.34. The Morgan fingerprint density at radius 2 is 2.00 bits per heavy atom. The minimum atomic E-state index is 0. The fourth-order valence-electron chi connectivity index (χ4n) is 0.354. The van der Waals surface area contributed by atoms with Crippen LogP contribution in [0, 0.1) is 17.9 Å². The predicted molar refractivity (Wildman–Crippen MR) is 50.9 cm³/mol. The molecule has 0 saturated carbocycles. The van der Waals surface area contributed by atoms with Crippen molar-refractivity contribution < 1.29 is 31.9 Å². The van der Waals surface area contributed by atoms with Crippen molar-refractivity contribution in [3.8, 4) is 0 Å². The molecule has 0 bridgehead atoms. The summed E-state index contributed by atoms with van der Waals surface area (Å²) in [7, 11) is 0. The van der Waals surface area contributed by atoms with E-state index in [0.717, 1.165) is 6.42 Å². The molecule has 4 heteroatoms. The third-order valence-electron chi connectivity index (χ3n) is 0.780. The maximum atomic E-state index is 6.25. The molecule has 0 aliphatic carbocycles.